The second-order valence-corrected chi connectivity index (χ2v) is 7.68. The summed E-state index contributed by atoms with van der Waals surface area (Å²) < 4.78 is 15.6. The lowest BCUT2D eigenvalue weighted by Crippen LogP contribution is -2.41. The minimum atomic E-state index is -0.470. The van der Waals surface area contributed by atoms with Crippen molar-refractivity contribution in [3.8, 4) is 11.5 Å². The molecular formula is C23H28N2O4S. The van der Waals surface area contributed by atoms with Gasteiger partial charge in [0, 0.05) is 25.2 Å². The summed E-state index contributed by atoms with van der Waals surface area (Å²) in [6.07, 6.45) is 3.25. The van der Waals surface area contributed by atoms with Gasteiger partial charge in [-0.2, -0.15) is 0 Å². The van der Waals surface area contributed by atoms with E-state index in [1.165, 1.54) is 19.8 Å². The fourth-order valence-electron chi connectivity index (χ4n) is 3.74. The summed E-state index contributed by atoms with van der Waals surface area (Å²) in [6.45, 7) is 1.76. The van der Waals surface area contributed by atoms with Gasteiger partial charge in [0.05, 0.1) is 32.6 Å². The van der Waals surface area contributed by atoms with E-state index in [0.29, 0.717) is 33.8 Å². The molecule has 1 fully saturated rings. The largest absolute Gasteiger partial charge is 0.493 e. The summed E-state index contributed by atoms with van der Waals surface area (Å²) in [7, 11) is 4.42. The first-order valence-electron chi connectivity index (χ1n) is 10.00. The van der Waals surface area contributed by atoms with Crippen LogP contribution in [0.2, 0.25) is 0 Å². The van der Waals surface area contributed by atoms with Gasteiger partial charge < -0.3 is 24.4 Å². The van der Waals surface area contributed by atoms with Gasteiger partial charge in [0.15, 0.2) is 16.6 Å². The van der Waals surface area contributed by atoms with Crippen molar-refractivity contribution in [3.05, 3.63) is 53.6 Å². The van der Waals surface area contributed by atoms with Crippen LogP contribution in [-0.4, -0.2) is 50.4 Å². The Bertz CT molecular complexity index is 880. The van der Waals surface area contributed by atoms with Crippen molar-refractivity contribution >= 4 is 29.0 Å². The van der Waals surface area contributed by atoms with E-state index in [1.807, 2.05) is 6.07 Å². The van der Waals surface area contributed by atoms with Crippen LogP contribution in [0.4, 0.5) is 5.69 Å². The van der Waals surface area contributed by atoms with Crippen LogP contribution >= 0.6 is 12.2 Å². The van der Waals surface area contributed by atoms with Gasteiger partial charge in [-0.15, -0.1) is 0 Å². The van der Waals surface area contributed by atoms with Crippen molar-refractivity contribution in [1.29, 1.82) is 0 Å². The monoisotopic (exact) mass is 428 g/mol. The molecule has 0 amide bonds. The van der Waals surface area contributed by atoms with Crippen molar-refractivity contribution in [2.75, 3.05) is 39.7 Å². The fourth-order valence-corrected chi connectivity index (χ4v) is 4.04. The van der Waals surface area contributed by atoms with E-state index >= 15 is 0 Å². The number of methoxy groups -OCH3 is 3. The number of thiocarbonyl (C=S) groups is 1. The zero-order chi connectivity index (χ0) is 21.5. The number of piperidine rings is 1. The Morgan fingerprint density at radius 1 is 1.07 bits per heavy atom. The first kappa shape index (κ1) is 21.9. The third-order valence-corrected chi connectivity index (χ3v) is 5.80. The van der Waals surface area contributed by atoms with Gasteiger partial charge in [0.25, 0.3) is 0 Å². The zero-order valence-electron chi connectivity index (χ0n) is 17.6. The predicted molar refractivity (Wildman–Crippen MR) is 122 cm³/mol. The summed E-state index contributed by atoms with van der Waals surface area (Å²) in [4.78, 5) is 14.4. The molecule has 7 heteroatoms. The van der Waals surface area contributed by atoms with E-state index in [0.717, 1.165) is 32.4 Å². The molecule has 0 spiro atoms. The molecule has 0 saturated carbocycles. The molecule has 1 heterocycles. The highest BCUT2D eigenvalue weighted by atomic mass is 32.1. The molecule has 1 N–H and O–H groups in total. The second kappa shape index (κ2) is 10.3. The number of anilines is 1. The average molecular weight is 429 g/mol. The lowest BCUT2D eigenvalue weighted by molar-refractivity contribution is 0.0601. The molecule has 30 heavy (non-hydrogen) atoms. The Labute approximate surface area is 183 Å². The zero-order valence-corrected chi connectivity index (χ0v) is 18.5. The number of nitrogens with one attached hydrogen (secondary N) is 1. The molecule has 0 bridgehead atoms. The van der Waals surface area contributed by atoms with Crippen LogP contribution in [0, 0.1) is 5.92 Å². The Morgan fingerprint density at radius 2 is 1.70 bits per heavy atom. The Kier molecular flexibility index (Phi) is 7.52. The van der Waals surface area contributed by atoms with E-state index in [9.17, 15) is 4.79 Å². The Hall–Kier alpha value is -2.80. The number of benzene rings is 2. The average Bonchev–Trinajstić information content (AvgIpc) is 2.79. The number of hydrogen-bond acceptors (Lipinski definition) is 5. The highest BCUT2D eigenvalue weighted by Gasteiger charge is 2.23. The Balaban J connectivity index is 1.66. The molecule has 1 aliphatic heterocycles. The lowest BCUT2D eigenvalue weighted by Gasteiger charge is -2.34. The summed E-state index contributed by atoms with van der Waals surface area (Å²) in [5.41, 5.74) is 2.26. The third-order valence-electron chi connectivity index (χ3n) is 5.44. The van der Waals surface area contributed by atoms with Gasteiger partial charge in [-0.05, 0) is 43.0 Å². The van der Waals surface area contributed by atoms with Gasteiger partial charge in [-0.25, -0.2) is 4.79 Å². The van der Waals surface area contributed by atoms with Crippen LogP contribution in [0.5, 0.6) is 11.5 Å². The topological polar surface area (TPSA) is 60.0 Å². The number of hydrogen-bond donors (Lipinski definition) is 1. The van der Waals surface area contributed by atoms with Crippen LogP contribution in [0.1, 0.15) is 28.8 Å². The molecule has 0 aliphatic carbocycles. The van der Waals surface area contributed by atoms with E-state index in [4.69, 9.17) is 26.4 Å². The first-order valence-corrected chi connectivity index (χ1v) is 10.4. The first-order chi connectivity index (χ1) is 14.5. The number of nitrogens with zero attached hydrogens (tertiary/aromatic N) is 1. The number of likely N-dealkylation sites (tertiary alicyclic amines) is 1. The van der Waals surface area contributed by atoms with Gasteiger partial charge in [0.1, 0.15) is 0 Å². The molecule has 1 saturated heterocycles. The summed E-state index contributed by atoms with van der Waals surface area (Å²) in [5, 5.41) is 3.80. The fraction of sp³-hybridized carbons (Fsp3) is 0.391. The number of rotatable bonds is 6. The van der Waals surface area contributed by atoms with Crippen LogP contribution in [0.25, 0.3) is 0 Å². The van der Waals surface area contributed by atoms with Crippen molar-refractivity contribution in [2.24, 2.45) is 5.92 Å². The predicted octanol–water partition coefficient (Wildman–Crippen LogP) is 4.14. The quantitative estimate of drug-likeness (QED) is 0.548. The highest BCUT2D eigenvalue weighted by Crippen LogP contribution is 2.34. The molecule has 2 aromatic carbocycles. The summed E-state index contributed by atoms with van der Waals surface area (Å²) in [5.74, 6) is 1.15. The third kappa shape index (κ3) is 5.21. The summed E-state index contributed by atoms with van der Waals surface area (Å²) >= 11 is 5.64. The molecule has 1 aliphatic rings. The number of carbonyl (C=O) groups is 1. The van der Waals surface area contributed by atoms with Crippen molar-refractivity contribution in [3.63, 3.8) is 0 Å². The minimum absolute atomic E-state index is 0.344. The van der Waals surface area contributed by atoms with Crippen molar-refractivity contribution < 1.29 is 19.0 Å². The minimum Gasteiger partial charge on any atom is -0.493 e. The second-order valence-electron chi connectivity index (χ2n) is 7.29. The van der Waals surface area contributed by atoms with Crippen LogP contribution in [-0.2, 0) is 11.2 Å². The molecule has 0 unspecified atom stereocenters. The van der Waals surface area contributed by atoms with E-state index in [2.05, 4.69) is 34.5 Å². The Morgan fingerprint density at radius 3 is 2.30 bits per heavy atom. The highest BCUT2D eigenvalue weighted by molar-refractivity contribution is 7.80. The number of ether oxygens (including phenoxy) is 3. The normalized spacial score (nSPS) is 14.2. The van der Waals surface area contributed by atoms with Gasteiger partial charge in [-0.1, -0.05) is 30.3 Å². The van der Waals surface area contributed by atoms with Gasteiger partial charge >= 0.3 is 5.97 Å². The van der Waals surface area contributed by atoms with E-state index in [1.54, 1.807) is 19.2 Å². The molecule has 160 valence electrons. The SMILES string of the molecule is COC(=O)c1cc(OC)c(OC)cc1NC(=S)N1CCC(Cc2ccccc2)CC1. The van der Waals surface area contributed by atoms with Crippen LogP contribution < -0.4 is 14.8 Å². The molecule has 2 aromatic rings. The molecule has 0 atom stereocenters. The molecule has 0 aromatic heterocycles. The summed E-state index contributed by atoms with van der Waals surface area (Å²) in [6, 6.07) is 13.9. The molecule has 6 nitrogen and oxygen atoms in total. The van der Waals surface area contributed by atoms with E-state index in [-0.39, 0.29) is 0 Å². The van der Waals surface area contributed by atoms with Crippen molar-refractivity contribution in [1.82, 2.24) is 4.90 Å². The number of carbonyl (C=O) groups excluding carboxylic acids is 1. The van der Waals surface area contributed by atoms with E-state index < -0.39 is 5.97 Å². The molecule has 3 rings (SSSR count). The maximum Gasteiger partial charge on any atom is 0.340 e. The van der Waals surface area contributed by atoms with Crippen LogP contribution in [0.15, 0.2) is 42.5 Å². The maximum atomic E-state index is 12.3. The smallest absolute Gasteiger partial charge is 0.340 e. The maximum absolute atomic E-state index is 12.3. The standard InChI is InChI=1S/C23H28N2O4S/c1-27-20-14-18(22(26)29-3)19(15-21(20)28-2)24-23(30)25-11-9-17(10-12-25)13-16-7-5-4-6-8-16/h4-8,14-15,17H,9-13H2,1-3H3,(H,24,30). The number of esters is 1. The molecule has 0 radical (unpaired) electrons. The lowest BCUT2D eigenvalue weighted by atomic mass is 9.90. The van der Waals surface area contributed by atoms with Crippen molar-refractivity contribution in [2.45, 2.75) is 19.3 Å². The molecular weight excluding hydrogens is 400 g/mol. The van der Waals surface area contributed by atoms with Crippen LogP contribution in [0.3, 0.4) is 0 Å². The van der Waals surface area contributed by atoms with Gasteiger partial charge in [-0.3, -0.25) is 0 Å². The van der Waals surface area contributed by atoms with Gasteiger partial charge in [0.2, 0.25) is 0 Å².